The van der Waals surface area contributed by atoms with Crippen LogP contribution in [0.3, 0.4) is 0 Å². The van der Waals surface area contributed by atoms with Crippen LogP contribution in [0, 0.1) is 17.2 Å². The van der Waals surface area contributed by atoms with Gasteiger partial charge in [-0.2, -0.15) is 5.26 Å². The fourth-order valence-corrected chi connectivity index (χ4v) is 4.87. The number of hydrogen-bond acceptors (Lipinski definition) is 6. The molecule has 3 heterocycles. The van der Waals surface area contributed by atoms with Crippen LogP contribution in [0.5, 0.6) is 5.75 Å². The first-order chi connectivity index (χ1) is 16.5. The predicted molar refractivity (Wildman–Crippen MR) is 128 cm³/mol. The van der Waals surface area contributed by atoms with Crippen molar-refractivity contribution in [1.29, 1.82) is 5.26 Å². The van der Waals surface area contributed by atoms with Crippen LogP contribution < -0.4 is 9.64 Å². The molecule has 2 aliphatic heterocycles. The van der Waals surface area contributed by atoms with E-state index in [-0.39, 0.29) is 24.3 Å². The molecule has 2 aromatic rings. The average Bonchev–Trinajstić information content (AvgIpc) is 3.22. The first-order valence-corrected chi connectivity index (χ1v) is 11.9. The Morgan fingerprint density at radius 1 is 1.18 bits per heavy atom. The lowest BCUT2D eigenvalue weighted by Gasteiger charge is -2.38. The van der Waals surface area contributed by atoms with Gasteiger partial charge in [-0.05, 0) is 36.2 Å². The van der Waals surface area contributed by atoms with Gasteiger partial charge in [-0.15, -0.1) is 0 Å². The number of nitrogens with zero attached hydrogens (tertiary/aromatic N) is 5. The van der Waals surface area contributed by atoms with Crippen molar-refractivity contribution in [2.45, 2.75) is 32.2 Å². The number of hydrogen-bond donors (Lipinski definition) is 0. The molecule has 2 aliphatic rings. The van der Waals surface area contributed by atoms with Gasteiger partial charge in [-0.3, -0.25) is 9.59 Å². The third-order valence-electron chi connectivity index (χ3n) is 6.75. The van der Waals surface area contributed by atoms with Gasteiger partial charge >= 0.3 is 0 Å². The molecule has 2 fully saturated rings. The summed E-state index contributed by atoms with van der Waals surface area (Å²) in [7, 11) is 1.62. The van der Waals surface area contributed by atoms with E-state index in [9.17, 15) is 9.59 Å². The second-order valence-corrected chi connectivity index (χ2v) is 8.80. The van der Waals surface area contributed by atoms with E-state index in [4.69, 9.17) is 10.00 Å². The van der Waals surface area contributed by atoms with Gasteiger partial charge in [0.1, 0.15) is 11.6 Å². The molecule has 2 unspecified atom stereocenters. The molecule has 2 atom stereocenters. The van der Waals surface area contributed by atoms with E-state index >= 15 is 0 Å². The minimum atomic E-state index is -0.399. The number of benzene rings is 1. The number of aromatic nitrogens is 1. The van der Waals surface area contributed by atoms with Crippen molar-refractivity contribution in [3.05, 3.63) is 53.7 Å². The number of carbonyl (C=O) groups is 2. The minimum absolute atomic E-state index is 0.0338. The molecule has 0 spiro atoms. The summed E-state index contributed by atoms with van der Waals surface area (Å²) in [5, 5.41) is 9.15. The molecule has 34 heavy (non-hydrogen) atoms. The van der Waals surface area contributed by atoms with Crippen LogP contribution in [0.25, 0.3) is 0 Å². The van der Waals surface area contributed by atoms with Crippen LogP contribution in [0.2, 0.25) is 0 Å². The Kier molecular flexibility index (Phi) is 7.31. The second-order valence-electron chi connectivity index (χ2n) is 8.80. The Bertz CT molecular complexity index is 1060. The summed E-state index contributed by atoms with van der Waals surface area (Å²) in [5.41, 5.74) is 1.54. The number of piperazine rings is 1. The molecule has 4 rings (SSSR count). The molecule has 8 nitrogen and oxygen atoms in total. The Hall–Kier alpha value is -3.60. The van der Waals surface area contributed by atoms with E-state index in [1.807, 2.05) is 34.1 Å². The highest BCUT2D eigenvalue weighted by Crippen LogP contribution is 2.40. The Morgan fingerprint density at radius 3 is 2.56 bits per heavy atom. The lowest BCUT2D eigenvalue weighted by Crippen LogP contribution is -2.51. The van der Waals surface area contributed by atoms with Crippen LogP contribution >= 0.6 is 0 Å². The van der Waals surface area contributed by atoms with Gasteiger partial charge in [0.25, 0.3) is 0 Å². The summed E-state index contributed by atoms with van der Waals surface area (Å²) >= 11 is 0. The highest BCUT2D eigenvalue weighted by Gasteiger charge is 2.45. The van der Waals surface area contributed by atoms with Crippen LogP contribution in [0.15, 0.2) is 42.6 Å². The molecular weight excluding hydrogens is 430 g/mol. The number of nitriles is 1. The molecule has 2 saturated heterocycles. The van der Waals surface area contributed by atoms with Gasteiger partial charge in [0.05, 0.1) is 30.7 Å². The number of rotatable bonds is 7. The van der Waals surface area contributed by atoms with Gasteiger partial charge in [0, 0.05) is 45.3 Å². The Labute approximate surface area is 200 Å². The summed E-state index contributed by atoms with van der Waals surface area (Å²) in [6.07, 6.45) is 3.78. The van der Waals surface area contributed by atoms with Gasteiger partial charge in [-0.25, -0.2) is 4.98 Å². The largest absolute Gasteiger partial charge is 0.497 e. The number of unbranched alkanes of at least 4 members (excludes halogenated alkanes) is 1. The standard InChI is InChI=1S/C26H31N5O3/c1-3-4-11-31-24(32)17-22(25(31)20-5-7-21(34-2)8-6-20)26(33)30-14-12-29(13-15-30)23-16-19(18-27)9-10-28-23/h5-10,16,22,25H,3-4,11-15,17H2,1-2H3. The average molecular weight is 462 g/mol. The van der Waals surface area contributed by atoms with Gasteiger partial charge in [-0.1, -0.05) is 25.5 Å². The predicted octanol–water partition coefficient (Wildman–Crippen LogP) is 3.00. The number of likely N-dealkylation sites (tertiary alicyclic amines) is 1. The first kappa shape index (κ1) is 23.6. The molecule has 178 valence electrons. The van der Waals surface area contributed by atoms with Crippen LogP contribution in [0.4, 0.5) is 5.82 Å². The van der Waals surface area contributed by atoms with E-state index < -0.39 is 5.92 Å². The highest BCUT2D eigenvalue weighted by atomic mass is 16.5. The number of ether oxygens (including phenoxy) is 1. The van der Waals surface area contributed by atoms with Crippen molar-refractivity contribution in [2.75, 3.05) is 44.7 Å². The number of methoxy groups -OCH3 is 1. The normalized spacial score (nSPS) is 20.4. The van der Waals surface area contributed by atoms with Crippen molar-refractivity contribution in [2.24, 2.45) is 5.92 Å². The van der Waals surface area contributed by atoms with Crippen molar-refractivity contribution in [1.82, 2.24) is 14.8 Å². The molecule has 0 aliphatic carbocycles. The van der Waals surface area contributed by atoms with Crippen LogP contribution in [-0.4, -0.2) is 66.4 Å². The summed E-state index contributed by atoms with van der Waals surface area (Å²) in [4.78, 5) is 36.9. The van der Waals surface area contributed by atoms with E-state index in [1.54, 1.807) is 25.4 Å². The van der Waals surface area contributed by atoms with E-state index in [0.717, 1.165) is 30.0 Å². The zero-order chi connectivity index (χ0) is 24.1. The molecule has 1 aromatic heterocycles. The van der Waals surface area contributed by atoms with E-state index in [0.29, 0.717) is 38.3 Å². The number of amides is 2. The first-order valence-electron chi connectivity index (χ1n) is 11.9. The summed E-state index contributed by atoms with van der Waals surface area (Å²) in [5.74, 6) is 1.19. The molecule has 0 N–H and O–H groups in total. The minimum Gasteiger partial charge on any atom is -0.497 e. The van der Waals surface area contributed by atoms with Gasteiger partial charge in [0.2, 0.25) is 11.8 Å². The monoisotopic (exact) mass is 461 g/mol. The number of pyridine rings is 1. The lowest BCUT2D eigenvalue weighted by atomic mass is 9.92. The molecule has 8 heteroatoms. The maximum absolute atomic E-state index is 13.7. The summed E-state index contributed by atoms with van der Waals surface area (Å²) in [6, 6.07) is 13.1. The van der Waals surface area contributed by atoms with E-state index in [1.165, 1.54) is 0 Å². The van der Waals surface area contributed by atoms with Crippen molar-refractivity contribution in [3.63, 3.8) is 0 Å². The van der Waals surface area contributed by atoms with Crippen molar-refractivity contribution < 1.29 is 14.3 Å². The zero-order valence-electron chi connectivity index (χ0n) is 19.8. The molecular formula is C26H31N5O3. The highest BCUT2D eigenvalue weighted by molar-refractivity contribution is 5.90. The maximum atomic E-state index is 13.7. The Balaban J connectivity index is 1.50. The van der Waals surface area contributed by atoms with Crippen LogP contribution in [0.1, 0.15) is 43.4 Å². The van der Waals surface area contributed by atoms with Crippen molar-refractivity contribution >= 4 is 17.6 Å². The van der Waals surface area contributed by atoms with Gasteiger partial charge < -0.3 is 19.4 Å². The SMILES string of the molecule is CCCCN1C(=O)CC(C(=O)N2CCN(c3cc(C#N)ccn3)CC2)C1c1ccc(OC)cc1. The molecule has 1 aromatic carbocycles. The fraction of sp³-hybridized carbons (Fsp3) is 0.462. The number of anilines is 1. The molecule has 0 bridgehead atoms. The summed E-state index contributed by atoms with van der Waals surface area (Å²) in [6.45, 7) is 5.16. The fourth-order valence-electron chi connectivity index (χ4n) is 4.87. The molecule has 2 amide bonds. The van der Waals surface area contributed by atoms with Crippen LogP contribution in [-0.2, 0) is 9.59 Å². The topological polar surface area (TPSA) is 89.8 Å². The van der Waals surface area contributed by atoms with Crippen molar-refractivity contribution in [3.8, 4) is 11.8 Å². The quantitative estimate of drug-likeness (QED) is 0.630. The third kappa shape index (κ3) is 4.84. The summed E-state index contributed by atoms with van der Waals surface area (Å²) < 4.78 is 5.29. The number of carbonyl (C=O) groups excluding carboxylic acids is 2. The lowest BCUT2D eigenvalue weighted by molar-refractivity contribution is -0.136. The smallest absolute Gasteiger partial charge is 0.228 e. The van der Waals surface area contributed by atoms with E-state index in [2.05, 4.69) is 22.9 Å². The second kappa shape index (κ2) is 10.6. The Morgan fingerprint density at radius 2 is 1.91 bits per heavy atom. The van der Waals surface area contributed by atoms with Gasteiger partial charge in [0.15, 0.2) is 0 Å². The molecule has 0 radical (unpaired) electrons. The molecule has 0 saturated carbocycles. The maximum Gasteiger partial charge on any atom is 0.228 e. The third-order valence-corrected chi connectivity index (χ3v) is 6.75. The zero-order valence-corrected chi connectivity index (χ0v) is 19.8.